The van der Waals surface area contributed by atoms with Gasteiger partial charge in [0.05, 0.1) is 11.0 Å². The van der Waals surface area contributed by atoms with Crippen molar-refractivity contribution in [3.63, 3.8) is 0 Å². The van der Waals surface area contributed by atoms with Gasteiger partial charge in [0.25, 0.3) is 0 Å². The Morgan fingerprint density at radius 3 is 2.94 bits per heavy atom. The second-order valence-electron chi connectivity index (χ2n) is 4.01. The van der Waals surface area contributed by atoms with Crippen LogP contribution >= 0.6 is 0 Å². The van der Waals surface area contributed by atoms with E-state index in [1.54, 1.807) is 6.20 Å². The zero-order valence-corrected chi connectivity index (χ0v) is 9.00. The number of benzene rings is 1. The standard InChI is InChI=1S/C12H10N2O2/c1-6-3-7(2)10-9(4-6)13-5-8-11(10)14-16-12(8)15/h3-5,14H,1-2H3. The fraction of sp³-hybridized carbons (Fsp3) is 0.167. The van der Waals surface area contributed by atoms with Crippen LogP contribution in [0, 0.1) is 13.8 Å². The second-order valence-corrected chi connectivity index (χ2v) is 4.01. The van der Waals surface area contributed by atoms with Gasteiger partial charge < -0.3 is 4.52 Å². The first kappa shape index (κ1) is 9.15. The lowest BCUT2D eigenvalue weighted by molar-refractivity contribution is 0.400. The van der Waals surface area contributed by atoms with Gasteiger partial charge in [-0.25, -0.2) is 9.95 Å². The highest BCUT2D eigenvalue weighted by atomic mass is 16.5. The molecule has 16 heavy (non-hydrogen) atoms. The van der Waals surface area contributed by atoms with Gasteiger partial charge in [-0.3, -0.25) is 4.98 Å². The number of rotatable bonds is 0. The maximum absolute atomic E-state index is 11.4. The largest absolute Gasteiger partial charge is 0.366 e. The average Bonchev–Trinajstić information content (AvgIpc) is 2.59. The molecule has 0 aliphatic heterocycles. The molecule has 0 radical (unpaired) electrons. The molecule has 0 fully saturated rings. The molecule has 0 aliphatic rings. The summed E-state index contributed by atoms with van der Waals surface area (Å²) < 4.78 is 4.79. The number of fused-ring (bicyclic) bond motifs is 3. The van der Waals surface area contributed by atoms with Crippen LogP contribution < -0.4 is 5.63 Å². The Morgan fingerprint density at radius 1 is 1.31 bits per heavy atom. The van der Waals surface area contributed by atoms with Crippen LogP contribution in [0.2, 0.25) is 0 Å². The van der Waals surface area contributed by atoms with E-state index in [4.69, 9.17) is 4.52 Å². The Hall–Kier alpha value is -2.10. The number of hydrogen-bond donors (Lipinski definition) is 1. The third kappa shape index (κ3) is 1.10. The van der Waals surface area contributed by atoms with Crippen molar-refractivity contribution in [2.45, 2.75) is 13.8 Å². The van der Waals surface area contributed by atoms with Crippen molar-refractivity contribution in [1.82, 2.24) is 10.1 Å². The third-order valence-corrected chi connectivity index (χ3v) is 2.78. The van der Waals surface area contributed by atoms with Crippen LogP contribution in [0.5, 0.6) is 0 Å². The summed E-state index contributed by atoms with van der Waals surface area (Å²) in [5, 5.41) is 4.12. The molecular formula is C12H10N2O2. The Morgan fingerprint density at radius 2 is 2.12 bits per heavy atom. The number of nitrogens with zero attached hydrogens (tertiary/aromatic N) is 1. The first-order valence-corrected chi connectivity index (χ1v) is 5.04. The molecule has 0 saturated carbocycles. The summed E-state index contributed by atoms with van der Waals surface area (Å²) in [5.74, 6) is 0. The molecule has 0 unspecified atom stereocenters. The van der Waals surface area contributed by atoms with E-state index in [2.05, 4.69) is 16.2 Å². The fourth-order valence-corrected chi connectivity index (χ4v) is 2.12. The summed E-state index contributed by atoms with van der Waals surface area (Å²) in [6.45, 7) is 4.03. The molecule has 0 atom stereocenters. The number of pyridine rings is 1. The maximum Gasteiger partial charge on any atom is 0.366 e. The topological polar surface area (TPSA) is 58.9 Å². The van der Waals surface area contributed by atoms with Crippen molar-refractivity contribution in [1.29, 1.82) is 0 Å². The van der Waals surface area contributed by atoms with Crippen LogP contribution in [0.3, 0.4) is 0 Å². The van der Waals surface area contributed by atoms with Gasteiger partial charge in [-0.2, -0.15) is 0 Å². The highest BCUT2D eigenvalue weighted by Gasteiger charge is 2.10. The van der Waals surface area contributed by atoms with Gasteiger partial charge in [0.1, 0.15) is 5.39 Å². The van der Waals surface area contributed by atoms with Crippen molar-refractivity contribution in [3.05, 3.63) is 39.9 Å². The molecule has 4 heteroatoms. The average molecular weight is 214 g/mol. The van der Waals surface area contributed by atoms with E-state index in [-0.39, 0.29) is 5.63 Å². The highest BCUT2D eigenvalue weighted by molar-refractivity contribution is 6.04. The lowest BCUT2D eigenvalue weighted by Gasteiger charge is -2.03. The minimum Gasteiger partial charge on any atom is -0.338 e. The summed E-state index contributed by atoms with van der Waals surface area (Å²) in [7, 11) is 0. The normalized spacial score (nSPS) is 11.4. The minimum absolute atomic E-state index is 0.371. The molecular weight excluding hydrogens is 204 g/mol. The quantitative estimate of drug-likeness (QED) is 0.624. The van der Waals surface area contributed by atoms with E-state index in [1.807, 2.05) is 19.9 Å². The molecule has 0 aliphatic carbocycles. The molecule has 0 spiro atoms. The number of aromatic amines is 1. The molecule has 2 aromatic heterocycles. The molecule has 0 amide bonds. The SMILES string of the molecule is Cc1cc(C)c2c(c1)ncc1c(=O)o[nH]c12. The molecule has 3 aromatic rings. The number of hydrogen-bond acceptors (Lipinski definition) is 3. The van der Waals surface area contributed by atoms with Crippen molar-refractivity contribution in [2.24, 2.45) is 0 Å². The lowest BCUT2D eigenvalue weighted by Crippen LogP contribution is -1.93. The van der Waals surface area contributed by atoms with Crippen molar-refractivity contribution < 1.29 is 4.52 Å². The molecule has 80 valence electrons. The molecule has 1 N–H and O–H groups in total. The Bertz CT molecular complexity index is 753. The van der Waals surface area contributed by atoms with Crippen LogP contribution in [0.15, 0.2) is 27.6 Å². The van der Waals surface area contributed by atoms with Gasteiger partial charge in [0.15, 0.2) is 0 Å². The van der Waals surface area contributed by atoms with E-state index in [9.17, 15) is 4.79 Å². The first-order chi connectivity index (χ1) is 7.66. The van der Waals surface area contributed by atoms with Gasteiger partial charge in [0.2, 0.25) is 0 Å². The number of aryl methyl sites for hydroxylation is 2. The highest BCUT2D eigenvalue weighted by Crippen LogP contribution is 2.24. The van der Waals surface area contributed by atoms with Crippen molar-refractivity contribution >= 4 is 21.8 Å². The zero-order valence-electron chi connectivity index (χ0n) is 9.00. The monoisotopic (exact) mass is 214 g/mol. The van der Waals surface area contributed by atoms with Crippen LogP contribution in [0.4, 0.5) is 0 Å². The summed E-state index contributed by atoms with van der Waals surface area (Å²) >= 11 is 0. The summed E-state index contributed by atoms with van der Waals surface area (Å²) in [6.07, 6.45) is 1.55. The lowest BCUT2D eigenvalue weighted by atomic mass is 10.0. The minimum atomic E-state index is -0.371. The van der Waals surface area contributed by atoms with E-state index < -0.39 is 0 Å². The van der Waals surface area contributed by atoms with E-state index >= 15 is 0 Å². The van der Waals surface area contributed by atoms with Gasteiger partial charge in [-0.15, -0.1) is 0 Å². The van der Waals surface area contributed by atoms with Gasteiger partial charge in [0, 0.05) is 11.6 Å². The Labute approximate surface area is 90.9 Å². The summed E-state index contributed by atoms with van der Waals surface area (Å²) in [5.41, 5.74) is 3.48. The van der Waals surface area contributed by atoms with Gasteiger partial charge >= 0.3 is 5.63 Å². The number of H-pyrrole nitrogens is 1. The Balaban J connectivity index is 2.65. The predicted octanol–water partition coefficient (Wildman–Crippen LogP) is 2.29. The smallest absolute Gasteiger partial charge is 0.338 e. The molecule has 0 bridgehead atoms. The summed E-state index contributed by atoms with van der Waals surface area (Å²) in [4.78, 5) is 15.6. The van der Waals surface area contributed by atoms with Crippen LogP contribution in [-0.4, -0.2) is 10.1 Å². The van der Waals surface area contributed by atoms with Crippen LogP contribution in [0.25, 0.3) is 21.8 Å². The number of aromatic nitrogens is 2. The fourth-order valence-electron chi connectivity index (χ4n) is 2.12. The molecule has 4 nitrogen and oxygen atoms in total. The van der Waals surface area contributed by atoms with E-state index in [0.717, 1.165) is 27.5 Å². The van der Waals surface area contributed by atoms with Crippen molar-refractivity contribution in [2.75, 3.05) is 0 Å². The van der Waals surface area contributed by atoms with Crippen LogP contribution in [-0.2, 0) is 0 Å². The molecule has 2 heterocycles. The van der Waals surface area contributed by atoms with Crippen LogP contribution in [0.1, 0.15) is 11.1 Å². The molecule has 0 saturated heterocycles. The molecule has 1 aromatic carbocycles. The predicted molar refractivity (Wildman–Crippen MR) is 61.6 cm³/mol. The zero-order chi connectivity index (χ0) is 11.3. The van der Waals surface area contributed by atoms with Crippen molar-refractivity contribution in [3.8, 4) is 0 Å². The van der Waals surface area contributed by atoms with Gasteiger partial charge in [-0.05, 0) is 31.0 Å². The Kier molecular flexibility index (Phi) is 1.68. The van der Waals surface area contributed by atoms with E-state index in [0.29, 0.717) is 5.39 Å². The van der Waals surface area contributed by atoms with E-state index in [1.165, 1.54) is 0 Å². The number of nitrogens with one attached hydrogen (secondary N) is 1. The third-order valence-electron chi connectivity index (χ3n) is 2.78. The second kappa shape index (κ2) is 2.95. The maximum atomic E-state index is 11.4. The molecule has 3 rings (SSSR count). The first-order valence-electron chi connectivity index (χ1n) is 5.04. The summed E-state index contributed by atoms with van der Waals surface area (Å²) in [6, 6.07) is 4.06. The van der Waals surface area contributed by atoms with Gasteiger partial charge in [-0.1, -0.05) is 6.07 Å².